The molecule has 0 radical (unpaired) electrons. The van der Waals surface area contributed by atoms with Gasteiger partial charge in [0, 0.05) is 25.5 Å². The maximum absolute atomic E-state index is 5.84. The van der Waals surface area contributed by atoms with E-state index in [0.717, 1.165) is 48.5 Å². The molecule has 1 aromatic heterocycles. The third-order valence-electron chi connectivity index (χ3n) is 4.11. The van der Waals surface area contributed by atoms with Crippen molar-refractivity contribution in [1.82, 2.24) is 9.97 Å². The Balaban J connectivity index is 1.79. The zero-order chi connectivity index (χ0) is 14.7. The van der Waals surface area contributed by atoms with Crippen LogP contribution < -0.4 is 5.32 Å². The van der Waals surface area contributed by atoms with Crippen LogP contribution in [-0.2, 0) is 11.2 Å². The Kier molecular flexibility index (Phi) is 5.11. The molecule has 1 unspecified atom stereocenters. The van der Waals surface area contributed by atoms with Gasteiger partial charge >= 0.3 is 0 Å². The van der Waals surface area contributed by atoms with E-state index in [1.807, 2.05) is 0 Å². The lowest BCUT2D eigenvalue weighted by Gasteiger charge is -2.22. The number of hydrogen-bond acceptors (Lipinski definition) is 4. The SMILES string of the molecule is CCCNc1nc(CC2CCCCO2)nc(C2CC2)c1Br. The van der Waals surface area contributed by atoms with E-state index in [1.54, 1.807) is 0 Å². The van der Waals surface area contributed by atoms with Crippen LogP contribution in [0.3, 0.4) is 0 Å². The third kappa shape index (κ3) is 3.95. The highest BCUT2D eigenvalue weighted by Gasteiger charge is 2.30. The second kappa shape index (κ2) is 7.05. The van der Waals surface area contributed by atoms with E-state index < -0.39 is 0 Å². The van der Waals surface area contributed by atoms with Gasteiger partial charge in [-0.05, 0) is 54.5 Å². The monoisotopic (exact) mass is 353 g/mol. The Hall–Kier alpha value is -0.680. The second-order valence-corrected chi connectivity index (χ2v) is 6.87. The molecule has 3 rings (SSSR count). The molecule has 0 bridgehead atoms. The summed E-state index contributed by atoms with van der Waals surface area (Å²) in [6, 6.07) is 0. The molecule has 21 heavy (non-hydrogen) atoms. The van der Waals surface area contributed by atoms with E-state index in [1.165, 1.54) is 31.4 Å². The minimum absolute atomic E-state index is 0.297. The zero-order valence-corrected chi connectivity index (χ0v) is 14.3. The van der Waals surface area contributed by atoms with Crippen LogP contribution in [0.15, 0.2) is 4.47 Å². The lowest BCUT2D eigenvalue weighted by atomic mass is 10.1. The summed E-state index contributed by atoms with van der Waals surface area (Å²) in [6.07, 6.45) is 8.32. The number of ether oxygens (including phenoxy) is 1. The molecule has 1 saturated heterocycles. The van der Waals surface area contributed by atoms with Gasteiger partial charge in [-0.1, -0.05) is 6.92 Å². The van der Waals surface area contributed by atoms with Crippen molar-refractivity contribution in [1.29, 1.82) is 0 Å². The van der Waals surface area contributed by atoms with Gasteiger partial charge in [-0.2, -0.15) is 0 Å². The number of anilines is 1. The normalized spacial score (nSPS) is 22.3. The smallest absolute Gasteiger partial charge is 0.144 e. The fourth-order valence-electron chi connectivity index (χ4n) is 2.76. The van der Waals surface area contributed by atoms with Crippen LogP contribution in [0.1, 0.15) is 62.9 Å². The van der Waals surface area contributed by atoms with Crippen molar-refractivity contribution in [3.05, 3.63) is 16.0 Å². The molecular weight excluding hydrogens is 330 g/mol. The van der Waals surface area contributed by atoms with Gasteiger partial charge in [-0.15, -0.1) is 0 Å². The van der Waals surface area contributed by atoms with Crippen LogP contribution in [0.5, 0.6) is 0 Å². The van der Waals surface area contributed by atoms with E-state index in [4.69, 9.17) is 14.7 Å². The van der Waals surface area contributed by atoms with Crippen LogP contribution >= 0.6 is 15.9 Å². The molecule has 1 aliphatic heterocycles. The van der Waals surface area contributed by atoms with Gasteiger partial charge in [0.05, 0.1) is 16.3 Å². The summed E-state index contributed by atoms with van der Waals surface area (Å²) in [5.74, 6) is 2.51. The summed E-state index contributed by atoms with van der Waals surface area (Å²) in [5, 5.41) is 3.42. The van der Waals surface area contributed by atoms with Gasteiger partial charge in [0.2, 0.25) is 0 Å². The molecule has 1 N–H and O–H groups in total. The fraction of sp³-hybridized carbons (Fsp3) is 0.750. The first kappa shape index (κ1) is 15.2. The first-order valence-corrected chi connectivity index (χ1v) is 8.99. The van der Waals surface area contributed by atoms with Crippen LogP contribution in [0.25, 0.3) is 0 Å². The molecule has 1 aliphatic carbocycles. The molecular formula is C16H24BrN3O. The van der Waals surface area contributed by atoms with Crippen LogP contribution in [-0.4, -0.2) is 29.2 Å². The maximum Gasteiger partial charge on any atom is 0.144 e. The molecule has 1 atom stereocenters. The summed E-state index contributed by atoms with van der Waals surface area (Å²) < 4.78 is 6.90. The van der Waals surface area contributed by atoms with E-state index in [2.05, 4.69) is 28.2 Å². The molecule has 2 aliphatic rings. The van der Waals surface area contributed by atoms with Gasteiger partial charge in [0.15, 0.2) is 0 Å². The third-order valence-corrected chi connectivity index (χ3v) is 4.90. The molecule has 2 fully saturated rings. The average Bonchev–Trinajstić information content (AvgIpc) is 3.33. The van der Waals surface area contributed by atoms with Gasteiger partial charge in [-0.25, -0.2) is 9.97 Å². The summed E-state index contributed by atoms with van der Waals surface area (Å²) in [6.45, 7) is 4.00. The van der Waals surface area contributed by atoms with Crippen molar-refractivity contribution in [3.63, 3.8) is 0 Å². The Morgan fingerprint density at radius 2 is 2.10 bits per heavy atom. The first-order chi connectivity index (χ1) is 10.3. The molecule has 4 nitrogen and oxygen atoms in total. The first-order valence-electron chi connectivity index (χ1n) is 8.19. The molecule has 0 aromatic carbocycles. The molecule has 0 amide bonds. The van der Waals surface area contributed by atoms with Gasteiger partial charge in [-0.3, -0.25) is 0 Å². The second-order valence-electron chi connectivity index (χ2n) is 6.08. The van der Waals surface area contributed by atoms with E-state index >= 15 is 0 Å². The highest BCUT2D eigenvalue weighted by atomic mass is 79.9. The highest BCUT2D eigenvalue weighted by molar-refractivity contribution is 9.10. The number of hydrogen-bond donors (Lipinski definition) is 1. The molecule has 1 saturated carbocycles. The standard InChI is InChI=1S/C16H24BrN3O/c1-2-8-18-16-14(17)15(11-6-7-11)19-13(20-16)10-12-5-3-4-9-21-12/h11-12H,2-10H2,1H3,(H,18,19,20). The lowest BCUT2D eigenvalue weighted by molar-refractivity contribution is 0.0156. The van der Waals surface area contributed by atoms with Crippen molar-refractivity contribution in [2.24, 2.45) is 0 Å². The Labute approximate surface area is 135 Å². The van der Waals surface area contributed by atoms with E-state index in [-0.39, 0.29) is 0 Å². The predicted molar refractivity (Wildman–Crippen MR) is 87.8 cm³/mol. The highest BCUT2D eigenvalue weighted by Crippen LogP contribution is 2.43. The number of rotatable bonds is 6. The molecule has 2 heterocycles. The van der Waals surface area contributed by atoms with Gasteiger partial charge in [0.25, 0.3) is 0 Å². The lowest BCUT2D eigenvalue weighted by Crippen LogP contribution is -2.23. The van der Waals surface area contributed by atoms with Crippen LogP contribution in [0.2, 0.25) is 0 Å². The maximum atomic E-state index is 5.84. The van der Waals surface area contributed by atoms with Crippen molar-refractivity contribution in [2.45, 2.75) is 63.9 Å². The molecule has 0 spiro atoms. The molecule has 5 heteroatoms. The minimum atomic E-state index is 0.297. The van der Waals surface area contributed by atoms with E-state index in [0.29, 0.717) is 12.0 Å². The minimum Gasteiger partial charge on any atom is -0.378 e. The predicted octanol–water partition coefficient (Wildman–Crippen LogP) is 4.05. The largest absolute Gasteiger partial charge is 0.378 e. The van der Waals surface area contributed by atoms with Crippen molar-refractivity contribution < 1.29 is 4.74 Å². The number of nitrogens with one attached hydrogen (secondary N) is 1. The van der Waals surface area contributed by atoms with E-state index in [9.17, 15) is 0 Å². The quantitative estimate of drug-likeness (QED) is 0.837. The Morgan fingerprint density at radius 3 is 2.76 bits per heavy atom. The zero-order valence-electron chi connectivity index (χ0n) is 12.7. The molecule has 1 aromatic rings. The molecule has 116 valence electrons. The van der Waals surface area contributed by atoms with Gasteiger partial charge in [0.1, 0.15) is 11.6 Å². The number of aromatic nitrogens is 2. The summed E-state index contributed by atoms with van der Waals surface area (Å²) in [5.41, 5.74) is 1.19. The Bertz CT molecular complexity index is 485. The van der Waals surface area contributed by atoms with Crippen molar-refractivity contribution in [2.75, 3.05) is 18.5 Å². The topological polar surface area (TPSA) is 47.0 Å². The van der Waals surface area contributed by atoms with Gasteiger partial charge < -0.3 is 10.1 Å². The summed E-state index contributed by atoms with van der Waals surface area (Å²) in [7, 11) is 0. The summed E-state index contributed by atoms with van der Waals surface area (Å²) >= 11 is 3.69. The van der Waals surface area contributed by atoms with Crippen molar-refractivity contribution >= 4 is 21.7 Å². The van der Waals surface area contributed by atoms with Crippen LogP contribution in [0, 0.1) is 0 Å². The van der Waals surface area contributed by atoms with Crippen molar-refractivity contribution in [3.8, 4) is 0 Å². The summed E-state index contributed by atoms with van der Waals surface area (Å²) in [4.78, 5) is 9.54. The average molecular weight is 354 g/mol. The van der Waals surface area contributed by atoms with Crippen LogP contribution in [0.4, 0.5) is 5.82 Å². The number of nitrogens with zero attached hydrogens (tertiary/aromatic N) is 2. The fourth-order valence-corrected chi connectivity index (χ4v) is 3.40. The Morgan fingerprint density at radius 1 is 1.24 bits per heavy atom. The number of halogens is 1.